The van der Waals surface area contributed by atoms with E-state index in [1.165, 1.54) is 16.7 Å². The monoisotopic (exact) mass is 343 g/mol. The van der Waals surface area contributed by atoms with Crippen LogP contribution in [0.5, 0.6) is 0 Å². The van der Waals surface area contributed by atoms with Crippen molar-refractivity contribution in [2.75, 3.05) is 11.9 Å². The number of alkyl halides is 1. The molecule has 0 N–H and O–H groups in total. The number of nitrogens with zero attached hydrogens (tertiary/aromatic N) is 1. The molecule has 0 bridgehead atoms. The van der Waals surface area contributed by atoms with Gasteiger partial charge in [-0.05, 0) is 28.7 Å². The highest BCUT2D eigenvalue weighted by molar-refractivity contribution is 9.09. The zero-order valence-corrected chi connectivity index (χ0v) is 13.4. The van der Waals surface area contributed by atoms with E-state index < -0.39 is 0 Å². The third kappa shape index (κ3) is 3.35. The molecule has 3 rings (SSSR count). The lowest BCUT2D eigenvalue weighted by Gasteiger charge is -2.17. The predicted molar refractivity (Wildman–Crippen MR) is 89.2 cm³/mol. The van der Waals surface area contributed by atoms with Crippen molar-refractivity contribution < 1.29 is 4.79 Å². The van der Waals surface area contributed by atoms with Crippen LogP contribution in [-0.4, -0.2) is 22.7 Å². The molecule has 0 spiro atoms. The zero-order valence-electron chi connectivity index (χ0n) is 11.8. The smallest absolute Gasteiger partial charge is 0.223 e. The summed E-state index contributed by atoms with van der Waals surface area (Å²) in [5.74, 6) is 0.722. The molecule has 0 radical (unpaired) electrons. The van der Waals surface area contributed by atoms with Crippen LogP contribution in [0, 0.1) is 5.92 Å². The lowest BCUT2D eigenvalue weighted by molar-refractivity contribution is -0.128. The summed E-state index contributed by atoms with van der Waals surface area (Å²) < 4.78 is 0. The molecule has 1 aliphatic rings. The van der Waals surface area contributed by atoms with Crippen molar-refractivity contribution >= 4 is 21.8 Å². The summed E-state index contributed by atoms with van der Waals surface area (Å²) in [6.45, 7) is 1.57. The standard InChI is InChI=1S/C18H18BrNO/c19-11-15-10-18(21)20(13-15)12-14-5-4-8-17(9-14)16-6-2-1-3-7-16/h1-9,15H,10-13H2. The first-order valence-electron chi connectivity index (χ1n) is 7.24. The Morgan fingerprint density at radius 3 is 2.52 bits per heavy atom. The molecule has 3 heteroatoms. The minimum Gasteiger partial charge on any atom is -0.338 e. The van der Waals surface area contributed by atoms with E-state index in [4.69, 9.17) is 0 Å². The lowest BCUT2D eigenvalue weighted by atomic mass is 10.0. The number of amides is 1. The number of likely N-dealkylation sites (tertiary alicyclic amines) is 1. The molecule has 1 unspecified atom stereocenters. The van der Waals surface area contributed by atoms with Gasteiger partial charge in [0.25, 0.3) is 0 Å². The van der Waals surface area contributed by atoms with E-state index in [0.717, 1.165) is 11.9 Å². The van der Waals surface area contributed by atoms with Gasteiger partial charge in [-0.3, -0.25) is 4.79 Å². The number of carbonyl (C=O) groups is 1. The molecule has 1 amide bonds. The maximum atomic E-state index is 12.0. The minimum atomic E-state index is 0.268. The Labute approximate surface area is 133 Å². The van der Waals surface area contributed by atoms with Gasteiger partial charge in [0.05, 0.1) is 0 Å². The Kier molecular flexibility index (Phi) is 4.39. The summed E-state index contributed by atoms with van der Waals surface area (Å²) in [6, 6.07) is 18.8. The van der Waals surface area contributed by atoms with Gasteiger partial charge in [0, 0.05) is 24.8 Å². The largest absolute Gasteiger partial charge is 0.338 e. The van der Waals surface area contributed by atoms with E-state index in [1.807, 2.05) is 23.1 Å². The van der Waals surface area contributed by atoms with Crippen LogP contribution in [0.1, 0.15) is 12.0 Å². The first-order valence-corrected chi connectivity index (χ1v) is 8.36. The van der Waals surface area contributed by atoms with E-state index in [0.29, 0.717) is 18.9 Å². The van der Waals surface area contributed by atoms with Gasteiger partial charge in [-0.1, -0.05) is 64.5 Å². The van der Waals surface area contributed by atoms with Crippen LogP contribution in [0.4, 0.5) is 0 Å². The van der Waals surface area contributed by atoms with Crippen LogP contribution in [0.2, 0.25) is 0 Å². The highest BCUT2D eigenvalue weighted by atomic mass is 79.9. The molecule has 0 aliphatic carbocycles. The second-order valence-corrected chi connectivity index (χ2v) is 6.21. The van der Waals surface area contributed by atoms with Crippen LogP contribution in [-0.2, 0) is 11.3 Å². The Bertz CT molecular complexity index is 626. The molecule has 2 aromatic carbocycles. The van der Waals surface area contributed by atoms with Crippen LogP contribution >= 0.6 is 15.9 Å². The summed E-state index contributed by atoms with van der Waals surface area (Å²) in [7, 11) is 0. The molecule has 1 aliphatic heterocycles. The Morgan fingerprint density at radius 2 is 1.81 bits per heavy atom. The number of hydrogen-bond acceptors (Lipinski definition) is 1. The molecule has 1 fully saturated rings. The van der Waals surface area contributed by atoms with Gasteiger partial charge in [0.15, 0.2) is 0 Å². The maximum absolute atomic E-state index is 12.0. The van der Waals surface area contributed by atoms with Crippen LogP contribution in [0.15, 0.2) is 54.6 Å². The second kappa shape index (κ2) is 6.44. The Hall–Kier alpha value is -1.61. The van der Waals surface area contributed by atoms with Gasteiger partial charge in [-0.2, -0.15) is 0 Å². The predicted octanol–water partition coefficient (Wildman–Crippen LogP) is 4.10. The second-order valence-electron chi connectivity index (χ2n) is 5.57. The summed E-state index contributed by atoms with van der Waals surface area (Å²) in [6.07, 6.45) is 0.670. The molecule has 2 nitrogen and oxygen atoms in total. The zero-order chi connectivity index (χ0) is 14.7. The summed E-state index contributed by atoms with van der Waals surface area (Å²) in [5.41, 5.74) is 3.61. The molecule has 0 saturated carbocycles. The minimum absolute atomic E-state index is 0.268. The highest BCUT2D eigenvalue weighted by Crippen LogP contribution is 2.24. The van der Waals surface area contributed by atoms with Gasteiger partial charge in [-0.15, -0.1) is 0 Å². The lowest BCUT2D eigenvalue weighted by Crippen LogP contribution is -2.24. The number of hydrogen-bond donors (Lipinski definition) is 0. The quantitative estimate of drug-likeness (QED) is 0.765. The normalized spacial score (nSPS) is 18.2. The fourth-order valence-electron chi connectivity index (χ4n) is 2.81. The van der Waals surface area contributed by atoms with Gasteiger partial charge in [-0.25, -0.2) is 0 Å². The van der Waals surface area contributed by atoms with Crippen molar-refractivity contribution in [3.8, 4) is 11.1 Å². The van der Waals surface area contributed by atoms with E-state index in [1.54, 1.807) is 0 Å². The number of rotatable bonds is 4. The van der Waals surface area contributed by atoms with E-state index in [-0.39, 0.29) is 5.91 Å². The summed E-state index contributed by atoms with van der Waals surface area (Å²) in [4.78, 5) is 14.0. The Balaban J connectivity index is 1.77. The van der Waals surface area contributed by atoms with Crippen molar-refractivity contribution in [1.29, 1.82) is 0 Å². The third-order valence-electron chi connectivity index (χ3n) is 3.92. The highest BCUT2D eigenvalue weighted by Gasteiger charge is 2.28. The topological polar surface area (TPSA) is 20.3 Å². The molecule has 21 heavy (non-hydrogen) atoms. The molecular formula is C18H18BrNO. The van der Waals surface area contributed by atoms with E-state index >= 15 is 0 Å². The molecule has 0 aromatic heterocycles. The third-order valence-corrected chi connectivity index (χ3v) is 4.84. The fraction of sp³-hybridized carbons (Fsp3) is 0.278. The first-order chi connectivity index (χ1) is 10.3. The molecule has 1 atom stereocenters. The average molecular weight is 344 g/mol. The number of halogens is 1. The van der Waals surface area contributed by atoms with Crippen molar-refractivity contribution in [3.63, 3.8) is 0 Å². The SMILES string of the molecule is O=C1CC(CBr)CN1Cc1cccc(-c2ccccc2)c1. The van der Waals surface area contributed by atoms with Gasteiger partial charge < -0.3 is 4.90 Å². The summed E-state index contributed by atoms with van der Waals surface area (Å²) >= 11 is 3.48. The maximum Gasteiger partial charge on any atom is 0.223 e. The summed E-state index contributed by atoms with van der Waals surface area (Å²) in [5, 5.41) is 0.902. The van der Waals surface area contributed by atoms with Crippen molar-refractivity contribution in [3.05, 3.63) is 60.2 Å². The fourth-order valence-corrected chi connectivity index (χ4v) is 3.24. The van der Waals surface area contributed by atoms with Crippen molar-refractivity contribution in [2.24, 2.45) is 5.92 Å². The van der Waals surface area contributed by atoms with E-state index in [9.17, 15) is 4.79 Å². The van der Waals surface area contributed by atoms with Crippen LogP contribution in [0.25, 0.3) is 11.1 Å². The molecule has 1 saturated heterocycles. The Morgan fingerprint density at radius 1 is 1.05 bits per heavy atom. The van der Waals surface area contributed by atoms with Crippen molar-refractivity contribution in [1.82, 2.24) is 4.90 Å². The number of carbonyl (C=O) groups excluding carboxylic acids is 1. The van der Waals surface area contributed by atoms with Gasteiger partial charge >= 0.3 is 0 Å². The average Bonchev–Trinajstić information content (AvgIpc) is 2.89. The molecule has 2 aromatic rings. The number of benzene rings is 2. The molecular weight excluding hydrogens is 326 g/mol. The molecule has 1 heterocycles. The van der Waals surface area contributed by atoms with Gasteiger partial charge in [0.2, 0.25) is 5.91 Å². The van der Waals surface area contributed by atoms with Gasteiger partial charge in [0.1, 0.15) is 0 Å². The van der Waals surface area contributed by atoms with Crippen LogP contribution < -0.4 is 0 Å². The van der Waals surface area contributed by atoms with E-state index in [2.05, 4.69) is 52.3 Å². The molecule has 108 valence electrons. The van der Waals surface area contributed by atoms with Crippen molar-refractivity contribution in [2.45, 2.75) is 13.0 Å². The first kappa shape index (κ1) is 14.3. The van der Waals surface area contributed by atoms with Crippen LogP contribution in [0.3, 0.4) is 0 Å².